The van der Waals surface area contributed by atoms with Crippen LogP contribution in [0, 0.1) is 17.8 Å². The average molecular weight is 237 g/mol. The third-order valence-electron chi connectivity index (χ3n) is 4.41. The minimum atomic E-state index is 0.681. The Bertz CT molecular complexity index is 202. The van der Waals surface area contributed by atoms with Crippen LogP contribution in [0.3, 0.4) is 0 Å². The summed E-state index contributed by atoms with van der Waals surface area (Å²) in [5.74, 6) is 2.73. The van der Waals surface area contributed by atoms with Crippen molar-refractivity contribution >= 4 is 0 Å². The highest BCUT2D eigenvalue weighted by atomic mass is 14.9. The van der Waals surface area contributed by atoms with Crippen LogP contribution in [0.4, 0.5) is 0 Å². The lowest BCUT2D eigenvalue weighted by molar-refractivity contribution is 0.189. The predicted octanol–water partition coefficient (Wildman–Crippen LogP) is 4.39. The maximum Gasteiger partial charge on any atom is 0.0130 e. The molecule has 1 aliphatic carbocycles. The molecule has 0 spiro atoms. The van der Waals surface area contributed by atoms with Gasteiger partial charge >= 0.3 is 0 Å². The zero-order valence-electron chi connectivity index (χ0n) is 12.0. The monoisotopic (exact) mass is 237 g/mol. The smallest absolute Gasteiger partial charge is 0.0130 e. The molecule has 0 radical (unpaired) electrons. The van der Waals surface area contributed by atoms with Crippen molar-refractivity contribution < 1.29 is 0 Å². The largest absolute Gasteiger partial charge is 0.313 e. The predicted molar refractivity (Wildman–Crippen MR) is 77.2 cm³/mol. The molecule has 0 aromatic carbocycles. The van der Waals surface area contributed by atoms with Crippen molar-refractivity contribution in [1.82, 2.24) is 5.32 Å². The standard InChI is InChI=1S/C16H31N/c1-5-7-16(17-12-6-2)15-10-8-14(9-11-15)13(3)4/h5,13-17H,1,6-12H2,2-4H3. The highest BCUT2D eigenvalue weighted by molar-refractivity contribution is 4.87. The Labute approximate surface area is 108 Å². The quantitative estimate of drug-likeness (QED) is 0.647. The first-order valence-corrected chi connectivity index (χ1v) is 7.53. The second kappa shape index (κ2) is 7.92. The van der Waals surface area contributed by atoms with Gasteiger partial charge in [-0.1, -0.05) is 26.8 Å². The molecule has 17 heavy (non-hydrogen) atoms. The van der Waals surface area contributed by atoms with Gasteiger partial charge in [-0.05, 0) is 62.8 Å². The summed E-state index contributed by atoms with van der Waals surface area (Å²) >= 11 is 0. The van der Waals surface area contributed by atoms with Gasteiger partial charge in [0, 0.05) is 6.04 Å². The fourth-order valence-corrected chi connectivity index (χ4v) is 3.17. The molecule has 1 rings (SSSR count). The van der Waals surface area contributed by atoms with Gasteiger partial charge in [0.2, 0.25) is 0 Å². The Balaban J connectivity index is 2.39. The maximum atomic E-state index is 3.91. The van der Waals surface area contributed by atoms with Crippen LogP contribution in [-0.4, -0.2) is 12.6 Å². The van der Waals surface area contributed by atoms with Crippen molar-refractivity contribution in [2.75, 3.05) is 6.54 Å². The summed E-state index contributed by atoms with van der Waals surface area (Å²) in [5.41, 5.74) is 0. The second-order valence-corrected chi connectivity index (χ2v) is 6.00. The molecule has 0 heterocycles. The van der Waals surface area contributed by atoms with E-state index in [4.69, 9.17) is 0 Å². The van der Waals surface area contributed by atoms with E-state index in [1.165, 1.54) is 32.1 Å². The van der Waals surface area contributed by atoms with E-state index in [0.29, 0.717) is 6.04 Å². The van der Waals surface area contributed by atoms with E-state index in [1.54, 1.807) is 0 Å². The maximum absolute atomic E-state index is 3.91. The molecule has 0 aliphatic heterocycles. The van der Waals surface area contributed by atoms with Crippen molar-refractivity contribution in [2.45, 2.75) is 65.3 Å². The summed E-state index contributed by atoms with van der Waals surface area (Å²) in [4.78, 5) is 0. The van der Waals surface area contributed by atoms with Gasteiger partial charge in [-0.15, -0.1) is 6.58 Å². The minimum absolute atomic E-state index is 0.681. The highest BCUT2D eigenvalue weighted by Crippen LogP contribution is 2.35. The van der Waals surface area contributed by atoms with Gasteiger partial charge in [-0.3, -0.25) is 0 Å². The molecule has 1 N–H and O–H groups in total. The molecule has 1 aliphatic rings. The van der Waals surface area contributed by atoms with Crippen LogP contribution in [-0.2, 0) is 0 Å². The summed E-state index contributed by atoms with van der Waals surface area (Å²) < 4.78 is 0. The molecular formula is C16H31N. The molecular weight excluding hydrogens is 206 g/mol. The lowest BCUT2D eigenvalue weighted by atomic mass is 9.74. The Morgan fingerprint density at radius 2 is 1.76 bits per heavy atom. The fraction of sp³-hybridized carbons (Fsp3) is 0.875. The first-order valence-electron chi connectivity index (χ1n) is 7.53. The topological polar surface area (TPSA) is 12.0 Å². The van der Waals surface area contributed by atoms with Gasteiger partial charge in [0.25, 0.3) is 0 Å². The lowest BCUT2D eigenvalue weighted by Gasteiger charge is -2.35. The van der Waals surface area contributed by atoms with Gasteiger partial charge in [-0.2, -0.15) is 0 Å². The van der Waals surface area contributed by atoms with E-state index >= 15 is 0 Å². The van der Waals surface area contributed by atoms with Gasteiger partial charge in [0.15, 0.2) is 0 Å². The molecule has 0 bridgehead atoms. The molecule has 1 heteroatoms. The van der Waals surface area contributed by atoms with Crippen molar-refractivity contribution in [1.29, 1.82) is 0 Å². The first-order chi connectivity index (χ1) is 8.19. The molecule has 1 unspecified atom stereocenters. The summed E-state index contributed by atoms with van der Waals surface area (Å²) in [5, 5.41) is 3.71. The van der Waals surface area contributed by atoms with E-state index in [1.807, 2.05) is 0 Å². The zero-order valence-corrected chi connectivity index (χ0v) is 12.0. The van der Waals surface area contributed by atoms with E-state index in [0.717, 1.165) is 30.7 Å². The van der Waals surface area contributed by atoms with Crippen LogP contribution < -0.4 is 5.32 Å². The normalized spacial score (nSPS) is 27.1. The molecule has 1 saturated carbocycles. The molecule has 0 saturated heterocycles. The fourth-order valence-electron chi connectivity index (χ4n) is 3.17. The molecule has 100 valence electrons. The summed E-state index contributed by atoms with van der Waals surface area (Å²) in [6.45, 7) is 12.1. The van der Waals surface area contributed by atoms with Crippen molar-refractivity contribution in [3.05, 3.63) is 12.7 Å². The van der Waals surface area contributed by atoms with Gasteiger partial charge in [-0.25, -0.2) is 0 Å². The van der Waals surface area contributed by atoms with Crippen molar-refractivity contribution in [2.24, 2.45) is 17.8 Å². The Hall–Kier alpha value is -0.300. The third kappa shape index (κ3) is 4.83. The molecule has 0 aromatic rings. The molecule has 1 fully saturated rings. The van der Waals surface area contributed by atoms with Crippen LogP contribution in [0.25, 0.3) is 0 Å². The van der Waals surface area contributed by atoms with E-state index in [-0.39, 0.29) is 0 Å². The van der Waals surface area contributed by atoms with Gasteiger partial charge in [0.05, 0.1) is 0 Å². The van der Waals surface area contributed by atoms with E-state index < -0.39 is 0 Å². The minimum Gasteiger partial charge on any atom is -0.313 e. The molecule has 0 aromatic heterocycles. The van der Waals surface area contributed by atoms with Gasteiger partial charge < -0.3 is 5.32 Å². The summed E-state index contributed by atoms with van der Waals surface area (Å²) in [6, 6.07) is 0.681. The molecule has 1 atom stereocenters. The third-order valence-corrected chi connectivity index (χ3v) is 4.41. The Morgan fingerprint density at radius 3 is 2.24 bits per heavy atom. The Morgan fingerprint density at radius 1 is 1.18 bits per heavy atom. The van der Waals surface area contributed by atoms with Crippen LogP contribution in [0.1, 0.15) is 59.3 Å². The Kier molecular flexibility index (Phi) is 6.87. The zero-order chi connectivity index (χ0) is 12.7. The summed E-state index contributed by atoms with van der Waals surface area (Å²) in [6.07, 6.45) is 10.2. The first kappa shape index (κ1) is 14.8. The average Bonchev–Trinajstić information content (AvgIpc) is 2.34. The number of hydrogen-bond acceptors (Lipinski definition) is 1. The SMILES string of the molecule is C=CCC(NCCC)C1CCC(C(C)C)CC1. The lowest BCUT2D eigenvalue weighted by Crippen LogP contribution is -2.38. The molecule has 0 amide bonds. The number of hydrogen-bond donors (Lipinski definition) is 1. The van der Waals surface area contributed by atoms with Crippen molar-refractivity contribution in [3.63, 3.8) is 0 Å². The highest BCUT2D eigenvalue weighted by Gasteiger charge is 2.27. The summed E-state index contributed by atoms with van der Waals surface area (Å²) in [7, 11) is 0. The van der Waals surface area contributed by atoms with Crippen LogP contribution in [0.5, 0.6) is 0 Å². The van der Waals surface area contributed by atoms with Crippen LogP contribution in [0.2, 0.25) is 0 Å². The van der Waals surface area contributed by atoms with Gasteiger partial charge in [0.1, 0.15) is 0 Å². The second-order valence-electron chi connectivity index (χ2n) is 6.00. The van der Waals surface area contributed by atoms with Crippen LogP contribution in [0.15, 0.2) is 12.7 Å². The van der Waals surface area contributed by atoms with Crippen LogP contribution >= 0.6 is 0 Å². The number of nitrogens with one attached hydrogen (secondary N) is 1. The van der Waals surface area contributed by atoms with E-state index in [2.05, 4.69) is 38.7 Å². The van der Waals surface area contributed by atoms with E-state index in [9.17, 15) is 0 Å². The molecule has 1 nitrogen and oxygen atoms in total. The number of rotatable bonds is 7. The van der Waals surface area contributed by atoms with Crippen molar-refractivity contribution in [3.8, 4) is 0 Å².